The zero-order valence-corrected chi connectivity index (χ0v) is 9.51. The molecule has 0 radical (unpaired) electrons. The largest absolute Gasteiger partial charge is 0.390 e. The fourth-order valence-electron chi connectivity index (χ4n) is 2.49. The van der Waals surface area contributed by atoms with Crippen molar-refractivity contribution in [3.05, 3.63) is 0 Å². The predicted molar refractivity (Wildman–Crippen MR) is 56.6 cm³/mol. The minimum atomic E-state index is -0.456. The van der Waals surface area contributed by atoms with E-state index < -0.39 is 5.60 Å². The van der Waals surface area contributed by atoms with Crippen LogP contribution in [0, 0.1) is 17.8 Å². The Labute approximate surface area is 82.5 Å². The Morgan fingerprint density at radius 3 is 1.85 bits per heavy atom. The maximum Gasteiger partial charge on any atom is 0.0619 e. The Morgan fingerprint density at radius 2 is 1.54 bits per heavy atom. The van der Waals surface area contributed by atoms with Crippen LogP contribution in [0.15, 0.2) is 0 Å². The molecule has 1 heteroatoms. The summed E-state index contributed by atoms with van der Waals surface area (Å²) in [6.45, 7) is 8.53. The third kappa shape index (κ3) is 2.98. The van der Waals surface area contributed by atoms with Crippen LogP contribution in [-0.4, -0.2) is 10.7 Å². The van der Waals surface area contributed by atoms with Gasteiger partial charge in [-0.15, -0.1) is 0 Å². The lowest BCUT2D eigenvalue weighted by atomic mass is 9.72. The molecule has 1 fully saturated rings. The minimum absolute atomic E-state index is 0.456. The van der Waals surface area contributed by atoms with Gasteiger partial charge in [0.05, 0.1) is 5.60 Å². The van der Waals surface area contributed by atoms with Crippen molar-refractivity contribution in [2.45, 2.75) is 59.0 Å². The molecule has 1 N–H and O–H groups in total. The van der Waals surface area contributed by atoms with Gasteiger partial charge in [0.2, 0.25) is 0 Å². The highest BCUT2D eigenvalue weighted by Crippen LogP contribution is 2.37. The van der Waals surface area contributed by atoms with Gasteiger partial charge in [-0.05, 0) is 57.3 Å². The molecule has 0 aliphatic heterocycles. The van der Waals surface area contributed by atoms with Gasteiger partial charge in [0.15, 0.2) is 0 Å². The highest BCUT2D eigenvalue weighted by molar-refractivity contribution is 4.83. The van der Waals surface area contributed by atoms with Crippen LogP contribution in [0.4, 0.5) is 0 Å². The van der Waals surface area contributed by atoms with Crippen LogP contribution in [0.1, 0.15) is 53.4 Å². The van der Waals surface area contributed by atoms with Crippen LogP contribution in [0.2, 0.25) is 0 Å². The first-order chi connectivity index (χ1) is 5.91. The molecule has 1 aliphatic rings. The van der Waals surface area contributed by atoms with Gasteiger partial charge in [-0.25, -0.2) is 0 Å². The molecule has 0 bridgehead atoms. The van der Waals surface area contributed by atoms with E-state index in [0.29, 0.717) is 5.92 Å². The second kappa shape index (κ2) is 4.00. The van der Waals surface area contributed by atoms with Crippen molar-refractivity contribution in [2.24, 2.45) is 17.8 Å². The van der Waals surface area contributed by atoms with Gasteiger partial charge in [0, 0.05) is 0 Å². The van der Waals surface area contributed by atoms with E-state index in [0.717, 1.165) is 11.8 Å². The third-order valence-electron chi connectivity index (χ3n) is 3.71. The Morgan fingerprint density at radius 1 is 1.08 bits per heavy atom. The molecule has 0 aromatic heterocycles. The van der Waals surface area contributed by atoms with E-state index in [1.165, 1.54) is 25.7 Å². The van der Waals surface area contributed by atoms with Crippen molar-refractivity contribution in [1.29, 1.82) is 0 Å². The van der Waals surface area contributed by atoms with Gasteiger partial charge in [0.25, 0.3) is 0 Å². The van der Waals surface area contributed by atoms with Crippen LogP contribution in [0.5, 0.6) is 0 Å². The van der Waals surface area contributed by atoms with Crippen molar-refractivity contribution in [3.63, 3.8) is 0 Å². The van der Waals surface area contributed by atoms with Crippen LogP contribution in [-0.2, 0) is 0 Å². The van der Waals surface area contributed by atoms with E-state index in [9.17, 15) is 5.11 Å². The first-order valence-corrected chi connectivity index (χ1v) is 5.63. The van der Waals surface area contributed by atoms with Gasteiger partial charge in [0.1, 0.15) is 0 Å². The van der Waals surface area contributed by atoms with E-state index in [4.69, 9.17) is 0 Å². The number of hydrogen-bond acceptors (Lipinski definition) is 1. The SMILES string of the molecule is CC(C)C1CCC(C(C)(C)O)CC1. The number of rotatable bonds is 2. The van der Waals surface area contributed by atoms with Gasteiger partial charge >= 0.3 is 0 Å². The van der Waals surface area contributed by atoms with Crippen molar-refractivity contribution in [1.82, 2.24) is 0 Å². The van der Waals surface area contributed by atoms with Crippen LogP contribution in [0.25, 0.3) is 0 Å². The summed E-state index contributed by atoms with van der Waals surface area (Å²) >= 11 is 0. The highest BCUT2D eigenvalue weighted by Gasteiger charge is 2.31. The molecule has 78 valence electrons. The maximum absolute atomic E-state index is 9.87. The Bertz CT molecular complexity index is 147. The van der Waals surface area contributed by atoms with Crippen LogP contribution in [0.3, 0.4) is 0 Å². The normalized spacial score (nSPS) is 30.9. The maximum atomic E-state index is 9.87. The second-order valence-electron chi connectivity index (χ2n) is 5.51. The first kappa shape index (κ1) is 11.0. The van der Waals surface area contributed by atoms with E-state index in [2.05, 4.69) is 13.8 Å². The molecule has 0 spiro atoms. The van der Waals surface area contributed by atoms with Crippen LogP contribution >= 0.6 is 0 Å². The fraction of sp³-hybridized carbons (Fsp3) is 1.00. The molecular weight excluding hydrogens is 160 g/mol. The molecule has 0 amide bonds. The molecule has 1 rings (SSSR count). The molecule has 0 aromatic rings. The zero-order valence-electron chi connectivity index (χ0n) is 9.51. The van der Waals surface area contributed by atoms with Gasteiger partial charge < -0.3 is 5.11 Å². The monoisotopic (exact) mass is 184 g/mol. The predicted octanol–water partition coefficient (Wildman–Crippen LogP) is 3.22. The average Bonchev–Trinajstić information content (AvgIpc) is 2.03. The summed E-state index contributed by atoms with van der Waals surface area (Å²) in [4.78, 5) is 0. The molecule has 0 unspecified atom stereocenters. The topological polar surface area (TPSA) is 20.2 Å². The molecule has 0 atom stereocenters. The first-order valence-electron chi connectivity index (χ1n) is 5.63. The van der Waals surface area contributed by atoms with Gasteiger partial charge in [-0.3, -0.25) is 0 Å². The summed E-state index contributed by atoms with van der Waals surface area (Å²) in [5.74, 6) is 2.25. The lowest BCUT2D eigenvalue weighted by Crippen LogP contribution is -2.34. The Kier molecular flexibility index (Phi) is 3.39. The van der Waals surface area contributed by atoms with Crippen molar-refractivity contribution in [2.75, 3.05) is 0 Å². The van der Waals surface area contributed by atoms with E-state index in [1.54, 1.807) is 0 Å². The van der Waals surface area contributed by atoms with Crippen molar-refractivity contribution >= 4 is 0 Å². The Hall–Kier alpha value is -0.0400. The summed E-state index contributed by atoms with van der Waals surface area (Å²) in [7, 11) is 0. The van der Waals surface area contributed by atoms with E-state index >= 15 is 0 Å². The summed E-state index contributed by atoms with van der Waals surface area (Å²) in [5, 5.41) is 9.87. The molecule has 1 aliphatic carbocycles. The van der Waals surface area contributed by atoms with Gasteiger partial charge in [-0.2, -0.15) is 0 Å². The molecule has 0 saturated heterocycles. The highest BCUT2D eigenvalue weighted by atomic mass is 16.3. The van der Waals surface area contributed by atoms with E-state index in [1.807, 2.05) is 13.8 Å². The summed E-state index contributed by atoms with van der Waals surface area (Å²) in [6, 6.07) is 0. The molecule has 13 heavy (non-hydrogen) atoms. The lowest BCUT2D eigenvalue weighted by Gasteiger charge is -2.37. The summed E-state index contributed by atoms with van der Waals surface area (Å²) < 4.78 is 0. The molecule has 0 aromatic carbocycles. The Balaban J connectivity index is 2.39. The smallest absolute Gasteiger partial charge is 0.0619 e. The zero-order chi connectivity index (χ0) is 10.1. The van der Waals surface area contributed by atoms with E-state index in [-0.39, 0.29) is 0 Å². The summed E-state index contributed by atoms with van der Waals surface area (Å²) in [5.41, 5.74) is -0.456. The third-order valence-corrected chi connectivity index (χ3v) is 3.71. The standard InChI is InChI=1S/C12H24O/c1-9(2)10-5-7-11(8-6-10)12(3,4)13/h9-11,13H,5-8H2,1-4H3. The molecule has 1 saturated carbocycles. The number of hydrogen-bond donors (Lipinski definition) is 1. The van der Waals surface area contributed by atoms with Crippen LogP contribution < -0.4 is 0 Å². The average molecular weight is 184 g/mol. The van der Waals surface area contributed by atoms with Gasteiger partial charge in [-0.1, -0.05) is 13.8 Å². The lowest BCUT2D eigenvalue weighted by molar-refractivity contribution is -0.00902. The van der Waals surface area contributed by atoms with Crippen molar-refractivity contribution < 1.29 is 5.11 Å². The second-order valence-corrected chi connectivity index (χ2v) is 5.51. The fourth-order valence-corrected chi connectivity index (χ4v) is 2.49. The number of aliphatic hydroxyl groups is 1. The molecular formula is C12H24O. The minimum Gasteiger partial charge on any atom is -0.390 e. The van der Waals surface area contributed by atoms with Crippen molar-refractivity contribution in [3.8, 4) is 0 Å². The summed E-state index contributed by atoms with van der Waals surface area (Å²) in [6.07, 6.45) is 5.05. The molecule has 1 nitrogen and oxygen atoms in total. The molecule has 0 heterocycles. The quantitative estimate of drug-likeness (QED) is 0.698.